The lowest BCUT2D eigenvalue weighted by atomic mass is 10.0. The van der Waals surface area contributed by atoms with Gasteiger partial charge in [-0.2, -0.15) is 0 Å². The van der Waals surface area contributed by atoms with E-state index in [2.05, 4.69) is 15.5 Å². The van der Waals surface area contributed by atoms with Crippen molar-refractivity contribution in [1.29, 1.82) is 0 Å². The van der Waals surface area contributed by atoms with Crippen LogP contribution >= 0.6 is 11.6 Å². The number of benzene rings is 2. The summed E-state index contributed by atoms with van der Waals surface area (Å²) < 4.78 is 0. The molecular weight excluding hydrogens is 386 g/mol. The number of nitrogens with zero attached hydrogens (tertiary/aromatic N) is 2. The molecule has 29 heavy (non-hydrogen) atoms. The second-order valence-electron chi connectivity index (χ2n) is 6.75. The average Bonchev–Trinajstić information content (AvgIpc) is 2.73. The second-order valence-corrected chi connectivity index (χ2v) is 7.11. The van der Waals surface area contributed by atoms with Gasteiger partial charge in [0, 0.05) is 17.4 Å². The molecule has 1 amide bonds. The van der Waals surface area contributed by atoms with E-state index in [0.717, 1.165) is 22.4 Å². The lowest BCUT2D eigenvalue weighted by Gasteiger charge is -2.12. The monoisotopic (exact) mass is 407 g/mol. The highest BCUT2D eigenvalue weighted by Gasteiger charge is 2.13. The largest absolute Gasteiger partial charge is 0.393 e. The molecular formula is C23H22ClN3O2. The maximum Gasteiger partial charge on any atom is 0.258 e. The molecule has 3 aromatic rings. The molecule has 3 rings (SSSR count). The molecule has 0 spiro atoms. The fourth-order valence-corrected chi connectivity index (χ4v) is 2.92. The summed E-state index contributed by atoms with van der Waals surface area (Å²) in [5, 5.41) is 7.24. The van der Waals surface area contributed by atoms with Crippen LogP contribution in [0.2, 0.25) is 5.15 Å². The standard InChI is InChI=1S/C23H22ClN3O2/c1-15(2)29-27-16(3)17-10-12-18(13-11-17)19-7-4-5-9-21(19)26-23(28)20-8-6-14-25-22(20)24/h4-15H,1-3H3,(H,26,28)/b27-16+. The van der Waals surface area contributed by atoms with Crippen LogP contribution in [0.25, 0.3) is 11.1 Å². The number of oxime groups is 1. The fraction of sp³-hybridized carbons (Fsp3) is 0.174. The first-order chi connectivity index (χ1) is 14.0. The number of pyridine rings is 1. The molecule has 0 atom stereocenters. The van der Waals surface area contributed by atoms with Crippen molar-refractivity contribution in [1.82, 2.24) is 4.98 Å². The Morgan fingerprint density at radius 1 is 1.07 bits per heavy atom. The van der Waals surface area contributed by atoms with E-state index in [-0.39, 0.29) is 17.2 Å². The van der Waals surface area contributed by atoms with E-state index in [4.69, 9.17) is 16.4 Å². The molecule has 0 fully saturated rings. The predicted molar refractivity (Wildman–Crippen MR) is 118 cm³/mol. The van der Waals surface area contributed by atoms with Crippen LogP contribution in [-0.4, -0.2) is 22.7 Å². The van der Waals surface area contributed by atoms with Crippen molar-refractivity contribution < 1.29 is 9.63 Å². The molecule has 148 valence electrons. The number of carbonyl (C=O) groups is 1. The number of hydrogen-bond donors (Lipinski definition) is 1. The number of hydrogen-bond acceptors (Lipinski definition) is 4. The van der Waals surface area contributed by atoms with Gasteiger partial charge in [0.1, 0.15) is 11.3 Å². The minimum atomic E-state index is -0.305. The number of rotatable bonds is 6. The van der Waals surface area contributed by atoms with Crippen molar-refractivity contribution in [3.05, 3.63) is 83.1 Å². The van der Waals surface area contributed by atoms with Crippen molar-refractivity contribution in [2.75, 3.05) is 5.32 Å². The first kappa shape index (κ1) is 20.6. The van der Waals surface area contributed by atoms with Gasteiger partial charge in [-0.1, -0.05) is 59.2 Å². The van der Waals surface area contributed by atoms with Crippen LogP contribution in [0.5, 0.6) is 0 Å². The fourth-order valence-electron chi connectivity index (χ4n) is 2.72. The number of aromatic nitrogens is 1. The van der Waals surface area contributed by atoms with Crippen LogP contribution in [0.4, 0.5) is 5.69 Å². The molecule has 0 aliphatic carbocycles. The molecule has 0 aliphatic rings. The zero-order valence-electron chi connectivity index (χ0n) is 16.5. The zero-order valence-corrected chi connectivity index (χ0v) is 17.3. The zero-order chi connectivity index (χ0) is 20.8. The van der Waals surface area contributed by atoms with E-state index in [0.29, 0.717) is 11.3 Å². The maximum atomic E-state index is 12.6. The van der Waals surface area contributed by atoms with Crippen molar-refractivity contribution in [3.8, 4) is 11.1 Å². The molecule has 6 heteroatoms. The number of nitrogens with one attached hydrogen (secondary N) is 1. The lowest BCUT2D eigenvalue weighted by Crippen LogP contribution is -2.13. The smallest absolute Gasteiger partial charge is 0.258 e. The molecule has 1 heterocycles. The summed E-state index contributed by atoms with van der Waals surface area (Å²) in [6.07, 6.45) is 1.58. The summed E-state index contributed by atoms with van der Waals surface area (Å²) in [5.74, 6) is -0.305. The Labute approximate surface area is 175 Å². The van der Waals surface area contributed by atoms with Crippen molar-refractivity contribution >= 4 is 28.9 Å². The van der Waals surface area contributed by atoms with Gasteiger partial charge in [0.25, 0.3) is 5.91 Å². The van der Waals surface area contributed by atoms with Gasteiger partial charge in [-0.25, -0.2) is 4.98 Å². The number of para-hydroxylation sites is 1. The van der Waals surface area contributed by atoms with Gasteiger partial charge < -0.3 is 10.2 Å². The Morgan fingerprint density at radius 3 is 2.48 bits per heavy atom. The second kappa shape index (κ2) is 9.34. The van der Waals surface area contributed by atoms with Gasteiger partial charge in [-0.3, -0.25) is 4.79 Å². The predicted octanol–water partition coefficient (Wildman–Crippen LogP) is 5.80. The Morgan fingerprint density at radius 2 is 1.79 bits per heavy atom. The highest BCUT2D eigenvalue weighted by Crippen LogP contribution is 2.29. The quantitative estimate of drug-likeness (QED) is 0.319. The summed E-state index contributed by atoms with van der Waals surface area (Å²) in [6, 6.07) is 18.9. The van der Waals surface area contributed by atoms with Crippen molar-refractivity contribution in [3.63, 3.8) is 0 Å². The van der Waals surface area contributed by atoms with Gasteiger partial charge in [-0.05, 0) is 50.1 Å². The molecule has 1 N–H and O–H groups in total. The number of halogens is 1. The number of carbonyl (C=O) groups excluding carboxylic acids is 1. The molecule has 0 aliphatic heterocycles. The Balaban J connectivity index is 1.84. The van der Waals surface area contributed by atoms with E-state index >= 15 is 0 Å². The molecule has 5 nitrogen and oxygen atoms in total. The van der Waals surface area contributed by atoms with E-state index in [9.17, 15) is 4.79 Å². The third-order valence-corrected chi connectivity index (χ3v) is 4.49. The van der Waals surface area contributed by atoms with E-state index in [1.54, 1.807) is 18.3 Å². The topological polar surface area (TPSA) is 63.6 Å². The third kappa shape index (κ3) is 5.21. The van der Waals surface area contributed by atoms with E-state index in [1.807, 2.05) is 69.3 Å². The van der Waals surface area contributed by atoms with Crippen LogP contribution in [0.1, 0.15) is 36.7 Å². The van der Waals surface area contributed by atoms with E-state index < -0.39 is 0 Å². The summed E-state index contributed by atoms with van der Waals surface area (Å²) in [5.41, 5.74) is 4.67. The average molecular weight is 408 g/mol. The van der Waals surface area contributed by atoms with Gasteiger partial charge in [0.05, 0.1) is 11.3 Å². The first-order valence-corrected chi connectivity index (χ1v) is 9.65. The van der Waals surface area contributed by atoms with Crippen LogP contribution < -0.4 is 5.32 Å². The molecule has 0 bridgehead atoms. The van der Waals surface area contributed by atoms with E-state index in [1.165, 1.54) is 0 Å². The summed E-state index contributed by atoms with van der Waals surface area (Å²) in [6.45, 7) is 5.77. The van der Waals surface area contributed by atoms with Crippen LogP contribution in [-0.2, 0) is 4.84 Å². The maximum absolute atomic E-state index is 12.6. The van der Waals surface area contributed by atoms with Crippen molar-refractivity contribution in [2.24, 2.45) is 5.16 Å². The van der Waals surface area contributed by atoms with Crippen LogP contribution in [0, 0.1) is 0 Å². The Bertz CT molecular complexity index is 1030. The minimum Gasteiger partial charge on any atom is -0.393 e. The highest BCUT2D eigenvalue weighted by atomic mass is 35.5. The summed E-state index contributed by atoms with van der Waals surface area (Å²) >= 11 is 6.04. The molecule has 0 saturated heterocycles. The third-order valence-electron chi connectivity index (χ3n) is 4.19. The Hall–Kier alpha value is -3.18. The highest BCUT2D eigenvalue weighted by molar-refractivity contribution is 6.33. The number of amides is 1. The lowest BCUT2D eigenvalue weighted by molar-refractivity contribution is 0.0860. The molecule has 1 aromatic heterocycles. The molecule has 0 saturated carbocycles. The van der Waals surface area contributed by atoms with Crippen LogP contribution in [0.15, 0.2) is 72.0 Å². The molecule has 0 radical (unpaired) electrons. The van der Waals surface area contributed by atoms with Gasteiger partial charge in [0.2, 0.25) is 0 Å². The van der Waals surface area contributed by atoms with Gasteiger partial charge >= 0.3 is 0 Å². The van der Waals surface area contributed by atoms with Gasteiger partial charge in [-0.15, -0.1) is 0 Å². The normalized spacial score (nSPS) is 11.4. The summed E-state index contributed by atoms with van der Waals surface area (Å²) in [4.78, 5) is 21.9. The minimum absolute atomic E-state index is 0.0352. The van der Waals surface area contributed by atoms with Crippen molar-refractivity contribution in [2.45, 2.75) is 26.9 Å². The first-order valence-electron chi connectivity index (χ1n) is 9.28. The van der Waals surface area contributed by atoms with Gasteiger partial charge in [0.15, 0.2) is 0 Å². The molecule has 2 aromatic carbocycles. The SMILES string of the molecule is C/C(=N\OC(C)C)c1ccc(-c2ccccc2NC(=O)c2cccnc2Cl)cc1. The summed E-state index contributed by atoms with van der Waals surface area (Å²) in [7, 11) is 0. The van der Waals surface area contributed by atoms with Crippen LogP contribution in [0.3, 0.4) is 0 Å². The number of anilines is 1. The Kier molecular flexibility index (Phi) is 6.62. The molecule has 0 unspecified atom stereocenters.